The summed E-state index contributed by atoms with van der Waals surface area (Å²) < 4.78 is 1.76. The standard InChI is InChI=1S/C16H21N3O2/c1-12(20)13-6-8-18(9-7-13)16(21)11-19-15-5-3-2-4-14(15)10-17-19/h2-5,10,12-13,20H,6-9,11H2,1H3. The molecule has 2 aromatic rings. The van der Waals surface area contributed by atoms with Crippen molar-refractivity contribution in [1.82, 2.24) is 14.7 Å². The minimum atomic E-state index is -0.280. The molecule has 21 heavy (non-hydrogen) atoms. The molecule has 0 saturated carbocycles. The number of nitrogens with zero attached hydrogens (tertiary/aromatic N) is 3. The Labute approximate surface area is 124 Å². The molecule has 0 aliphatic carbocycles. The monoisotopic (exact) mass is 287 g/mol. The third-order valence-electron chi connectivity index (χ3n) is 4.41. The van der Waals surface area contributed by atoms with E-state index in [1.54, 1.807) is 10.9 Å². The molecule has 0 spiro atoms. The van der Waals surface area contributed by atoms with Crippen LogP contribution in [0.25, 0.3) is 10.9 Å². The minimum absolute atomic E-state index is 0.105. The third kappa shape index (κ3) is 2.93. The Kier molecular flexibility index (Phi) is 3.92. The van der Waals surface area contributed by atoms with E-state index in [2.05, 4.69) is 5.10 Å². The first-order chi connectivity index (χ1) is 10.1. The zero-order valence-corrected chi connectivity index (χ0v) is 12.3. The summed E-state index contributed by atoms with van der Waals surface area (Å²) in [5.41, 5.74) is 0.990. The molecule has 5 heteroatoms. The van der Waals surface area contributed by atoms with Crippen molar-refractivity contribution in [3.05, 3.63) is 30.5 Å². The fourth-order valence-electron chi connectivity index (χ4n) is 3.01. The van der Waals surface area contributed by atoms with Crippen LogP contribution in [-0.2, 0) is 11.3 Å². The molecule has 3 rings (SSSR count). The zero-order valence-electron chi connectivity index (χ0n) is 12.3. The van der Waals surface area contributed by atoms with E-state index < -0.39 is 0 Å². The summed E-state index contributed by atoms with van der Waals surface area (Å²) in [5, 5.41) is 15.0. The van der Waals surface area contributed by atoms with Gasteiger partial charge in [0.05, 0.1) is 17.8 Å². The number of aliphatic hydroxyl groups excluding tert-OH is 1. The van der Waals surface area contributed by atoms with Crippen molar-refractivity contribution in [2.45, 2.75) is 32.4 Å². The number of piperidine rings is 1. The molecule has 0 bridgehead atoms. The molecule has 1 aromatic heterocycles. The number of hydrogen-bond acceptors (Lipinski definition) is 3. The number of carbonyl (C=O) groups excluding carboxylic acids is 1. The molecule has 1 saturated heterocycles. The van der Waals surface area contributed by atoms with Gasteiger partial charge in [-0.2, -0.15) is 5.10 Å². The van der Waals surface area contributed by atoms with Crippen molar-refractivity contribution in [3.63, 3.8) is 0 Å². The van der Waals surface area contributed by atoms with Crippen LogP contribution >= 0.6 is 0 Å². The lowest BCUT2D eigenvalue weighted by Crippen LogP contribution is -2.42. The average Bonchev–Trinajstić information content (AvgIpc) is 2.91. The van der Waals surface area contributed by atoms with Crippen LogP contribution in [0.1, 0.15) is 19.8 Å². The van der Waals surface area contributed by atoms with Gasteiger partial charge in [-0.15, -0.1) is 0 Å². The van der Waals surface area contributed by atoms with Gasteiger partial charge < -0.3 is 10.0 Å². The summed E-state index contributed by atoms with van der Waals surface area (Å²) in [6, 6.07) is 7.91. The summed E-state index contributed by atoms with van der Waals surface area (Å²) >= 11 is 0. The Morgan fingerprint density at radius 1 is 1.38 bits per heavy atom. The van der Waals surface area contributed by atoms with Crippen molar-refractivity contribution in [2.75, 3.05) is 13.1 Å². The first-order valence-corrected chi connectivity index (χ1v) is 7.51. The highest BCUT2D eigenvalue weighted by Crippen LogP contribution is 2.21. The normalized spacial score (nSPS) is 18.1. The summed E-state index contributed by atoms with van der Waals surface area (Å²) in [6.45, 7) is 3.58. The molecule has 2 heterocycles. The molecule has 0 radical (unpaired) electrons. The molecule has 5 nitrogen and oxygen atoms in total. The molecule has 1 aliphatic rings. The van der Waals surface area contributed by atoms with Crippen LogP contribution in [0.3, 0.4) is 0 Å². The molecule has 1 aliphatic heterocycles. The molecule has 1 unspecified atom stereocenters. The molecule has 1 atom stereocenters. The maximum atomic E-state index is 12.4. The third-order valence-corrected chi connectivity index (χ3v) is 4.41. The van der Waals surface area contributed by atoms with Crippen molar-refractivity contribution < 1.29 is 9.90 Å². The smallest absolute Gasteiger partial charge is 0.244 e. The van der Waals surface area contributed by atoms with Crippen LogP contribution in [0.4, 0.5) is 0 Å². The van der Waals surface area contributed by atoms with Crippen molar-refractivity contribution in [3.8, 4) is 0 Å². The zero-order chi connectivity index (χ0) is 14.8. The Morgan fingerprint density at radius 2 is 2.10 bits per heavy atom. The summed E-state index contributed by atoms with van der Waals surface area (Å²) in [6.07, 6.45) is 3.27. The summed E-state index contributed by atoms with van der Waals surface area (Å²) in [5.74, 6) is 0.424. The van der Waals surface area contributed by atoms with E-state index in [1.807, 2.05) is 36.1 Å². The van der Waals surface area contributed by atoms with Gasteiger partial charge in [0.1, 0.15) is 6.54 Å². The number of aromatic nitrogens is 2. The fourth-order valence-corrected chi connectivity index (χ4v) is 3.01. The lowest BCUT2D eigenvalue weighted by molar-refractivity contribution is -0.133. The number of benzene rings is 1. The van der Waals surface area contributed by atoms with Gasteiger partial charge in [-0.25, -0.2) is 0 Å². The molecule has 1 aromatic carbocycles. The Balaban J connectivity index is 1.65. The van der Waals surface area contributed by atoms with Crippen molar-refractivity contribution in [1.29, 1.82) is 0 Å². The number of hydrogen-bond donors (Lipinski definition) is 1. The second-order valence-electron chi connectivity index (χ2n) is 5.82. The van der Waals surface area contributed by atoms with E-state index in [1.165, 1.54) is 0 Å². The lowest BCUT2D eigenvalue weighted by atomic mass is 9.92. The maximum Gasteiger partial charge on any atom is 0.244 e. The predicted octanol–water partition coefficient (Wildman–Crippen LogP) is 1.66. The largest absolute Gasteiger partial charge is 0.393 e. The molecule has 1 fully saturated rings. The molecular weight excluding hydrogens is 266 g/mol. The first kappa shape index (κ1) is 14.1. The lowest BCUT2D eigenvalue weighted by Gasteiger charge is -2.33. The van der Waals surface area contributed by atoms with Crippen molar-refractivity contribution >= 4 is 16.8 Å². The van der Waals surface area contributed by atoms with Gasteiger partial charge in [0.2, 0.25) is 5.91 Å². The van der Waals surface area contributed by atoms with Gasteiger partial charge >= 0.3 is 0 Å². The SMILES string of the molecule is CC(O)C1CCN(C(=O)Cn2ncc3ccccc32)CC1. The van der Waals surface area contributed by atoms with E-state index >= 15 is 0 Å². The fraction of sp³-hybridized carbons (Fsp3) is 0.500. The number of aliphatic hydroxyl groups is 1. The van der Waals surface area contributed by atoms with E-state index in [-0.39, 0.29) is 18.6 Å². The Bertz CT molecular complexity index is 627. The van der Waals surface area contributed by atoms with Crippen LogP contribution in [0.5, 0.6) is 0 Å². The van der Waals surface area contributed by atoms with Crippen LogP contribution in [-0.4, -0.2) is 44.9 Å². The second kappa shape index (κ2) is 5.85. The first-order valence-electron chi connectivity index (χ1n) is 7.51. The summed E-state index contributed by atoms with van der Waals surface area (Å²) in [7, 11) is 0. The predicted molar refractivity (Wildman–Crippen MR) is 80.7 cm³/mol. The van der Waals surface area contributed by atoms with Crippen LogP contribution < -0.4 is 0 Å². The van der Waals surface area contributed by atoms with Gasteiger partial charge in [0.25, 0.3) is 0 Å². The van der Waals surface area contributed by atoms with Crippen LogP contribution in [0, 0.1) is 5.92 Å². The van der Waals surface area contributed by atoms with Gasteiger partial charge in [-0.05, 0) is 31.7 Å². The average molecular weight is 287 g/mol. The van der Waals surface area contributed by atoms with Gasteiger partial charge in [0.15, 0.2) is 0 Å². The number of fused-ring (bicyclic) bond motifs is 1. The van der Waals surface area contributed by atoms with Crippen molar-refractivity contribution in [2.24, 2.45) is 5.92 Å². The quantitative estimate of drug-likeness (QED) is 0.934. The number of likely N-dealkylation sites (tertiary alicyclic amines) is 1. The molecular formula is C16H21N3O2. The second-order valence-corrected chi connectivity index (χ2v) is 5.82. The number of amides is 1. The number of rotatable bonds is 3. The van der Waals surface area contributed by atoms with E-state index in [9.17, 15) is 9.90 Å². The number of para-hydroxylation sites is 1. The topological polar surface area (TPSA) is 58.4 Å². The maximum absolute atomic E-state index is 12.4. The van der Waals surface area contributed by atoms with Gasteiger partial charge in [-0.3, -0.25) is 9.48 Å². The molecule has 1 N–H and O–H groups in total. The molecule has 112 valence electrons. The highest BCUT2D eigenvalue weighted by molar-refractivity contribution is 5.82. The van der Waals surface area contributed by atoms with Crippen LogP contribution in [0.15, 0.2) is 30.5 Å². The highest BCUT2D eigenvalue weighted by Gasteiger charge is 2.25. The van der Waals surface area contributed by atoms with Gasteiger partial charge in [-0.1, -0.05) is 18.2 Å². The summed E-state index contributed by atoms with van der Waals surface area (Å²) in [4.78, 5) is 14.3. The highest BCUT2D eigenvalue weighted by atomic mass is 16.3. The van der Waals surface area contributed by atoms with E-state index in [0.717, 1.165) is 36.8 Å². The Morgan fingerprint density at radius 3 is 2.81 bits per heavy atom. The minimum Gasteiger partial charge on any atom is -0.393 e. The number of carbonyl (C=O) groups is 1. The van der Waals surface area contributed by atoms with Crippen LogP contribution in [0.2, 0.25) is 0 Å². The van der Waals surface area contributed by atoms with Gasteiger partial charge in [0, 0.05) is 18.5 Å². The Hall–Kier alpha value is -1.88. The van der Waals surface area contributed by atoms with E-state index in [4.69, 9.17) is 0 Å². The molecule has 1 amide bonds. The van der Waals surface area contributed by atoms with E-state index in [0.29, 0.717) is 5.92 Å².